The zero-order chi connectivity index (χ0) is 15.0. The van der Waals surface area contributed by atoms with Gasteiger partial charge in [-0.15, -0.1) is 11.3 Å². The quantitative estimate of drug-likeness (QED) is 0.478. The Morgan fingerprint density at radius 2 is 2.05 bits per heavy atom. The minimum absolute atomic E-state index is 0.125. The first-order chi connectivity index (χ1) is 9.47. The summed E-state index contributed by atoms with van der Waals surface area (Å²) in [4.78, 5) is 8.84. The highest BCUT2D eigenvalue weighted by Gasteiger charge is 2.17. The van der Waals surface area contributed by atoms with Gasteiger partial charge in [-0.2, -0.15) is 0 Å². The van der Waals surface area contributed by atoms with E-state index in [0.29, 0.717) is 6.61 Å². The fourth-order valence-corrected chi connectivity index (χ4v) is 2.58. The molecule has 6 heteroatoms. The Kier molecular flexibility index (Phi) is 6.95. The number of thiazole rings is 1. The Labute approximate surface area is 125 Å². The summed E-state index contributed by atoms with van der Waals surface area (Å²) in [5.41, 5.74) is 1.29. The molecule has 20 heavy (non-hydrogen) atoms. The average molecular weight is 298 g/mol. The molecule has 0 fully saturated rings. The van der Waals surface area contributed by atoms with Crippen LogP contribution in [-0.4, -0.2) is 44.8 Å². The van der Waals surface area contributed by atoms with Crippen LogP contribution in [0.5, 0.6) is 0 Å². The Morgan fingerprint density at radius 1 is 1.35 bits per heavy atom. The smallest absolute Gasteiger partial charge is 0.191 e. The van der Waals surface area contributed by atoms with Crippen molar-refractivity contribution in [1.82, 2.24) is 15.6 Å². The summed E-state index contributed by atoms with van der Waals surface area (Å²) in [6.07, 6.45) is 0.908. The number of nitrogens with zero attached hydrogens (tertiary/aromatic N) is 2. The molecule has 1 aromatic rings. The third kappa shape index (κ3) is 5.88. The van der Waals surface area contributed by atoms with Crippen LogP contribution in [0.1, 0.15) is 31.5 Å². The van der Waals surface area contributed by atoms with E-state index in [1.165, 1.54) is 5.69 Å². The molecule has 1 rings (SSSR count). The Hall–Kier alpha value is -1.14. The van der Waals surface area contributed by atoms with Crippen molar-refractivity contribution in [2.75, 3.05) is 33.9 Å². The lowest BCUT2D eigenvalue weighted by molar-refractivity contribution is 0.203. The fraction of sp³-hybridized carbons (Fsp3) is 0.714. The molecule has 0 radical (unpaired) electrons. The molecule has 1 aromatic heterocycles. The van der Waals surface area contributed by atoms with E-state index >= 15 is 0 Å². The molecule has 2 N–H and O–H groups in total. The highest BCUT2D eigenvalue weighted by atomic mass is 32.1. The SMILES string of the molecule is CN=C(NCCOC)NCCc1nc(C(C)(C)C)cs1. The molecule has 0 aromatic carbocycles. The van der Waals surface area contributed by atoms with Gasteiger partial charge in [0, 0.05) is 44.5 Å². The second kappa shape index (κ2) is 8.21. The molecule has 0 aliphatic rings. The Bertz CT molecular complexity index is 423. The van der Waals surface area contributed by atoms with Crippen LogP contribution >= 0.6 is 11.3 Å². The van der Waals surface area contributed by atoms with Crippen molar-refractivity contribution < 1.29 is 4.74 Å². The monoisotopic (exact) mass is 298 g/mol. The van der Waals surface area contributed by atoms with Crippen LogP contribution in [0.3, 0.4) is 0 Å². The molecule has 0 atom stereocenters. The Balaban J connectivity index is 2.34. The number of methoxy groups -OCH3 is 1. The first kappa shape index (κ1) is 16.9. The summed E-state index contributed by atoms with van der Waals surface area (Å²) in [6, 6.07) is 0. The van der Waals surface area contributed by atoms with Crippen molar-refractivity contribution in [3.05, 3.63) is 16.1 Å². The van der Waals surface area contributed by atoms with Crippen LogP contribution in [0.15, 0.2) is 10.4 Å². The molecule has 0 bridgehead atoms. The van der Waals surface area contributed by atoms with E-state index < -0.39 is 0 Å². The van der Waals surface area contributed by atoms with Gasteiger partial charge in [-0.3, -0.25) is 4.99 Å². The topological polar surface area (TPSA) is 58.5 Å². The normalized spacial score (nSPS) is 12.6. The second-order valence-electron chi connectivity index (χ2n) is 5.55. The van der Waals surface area contributed by atoms with Crippen LogP contribution in [0.4, 0.5) is 0 Å². The number of hydrogen-bond donors (Lipinski definition) is 2. The van der Waals surface area contributed by atoms with Crippen LogP contribution in [0, 0.1) is 0 Å². The molecule has 0 aliphatic heterocycles. The zero-order valence-corrected chi connectivity index (χ0v) is 13.9. The van der Waals surface area contributed by atoms with Gasteiger partial charge in [0.25, 0.3) is 0 Å². The molecule has 5 nitrogen and oxygen atoms in total. The lowest BCUT2D eigenvalue weighted by atomic mass is 9.93. The summed E-state index contributed by atoms with van der Waals surface area (Å²) < 4.78 is 4.99. The van der Waals surface area contributed by atoms with E-state index in [2.05, 4.69) is 46.8 Å². The van der Waals surface area contributed by atoms with Crippen molar-refractivity contribution in [3.63, 3.8) is 0 Å². The first-order valence-electron chi connectivity index (χ1n) is 6.85. The number of rotatable bonds is 6. The van der Waals surface area contributed by atoms with Crippen LogP contribution < -0.4 is 10.6 Å². The Morgan fingerprint density at radius 3 is 2.60 bits per heavy atom. The average Bonchev–Trinajstić information content (AvgIpc) is 2.86. The number of nitrogens with one attached hydrogen (secondary N) is 2. The van der Waals surface area contributed by atoms with Gasteiger partial charge in [0.1, 0.15) is 0 Å². The molecular formula is C14H26N4OS. The standard InChI is InChI=1S/C14H26N4OS/c1-14(2,3)11-10-20-12(18-11)6-7-16-13(15-4)17-8-9-19-5/h10H,6-9H2,1-5H3,(H2,15,16,17). The summed E-state index contributed by atoms with van der Waals surface area (Å²) in [7, 11) is 3.45. The van der Waals surface area contributed by atoms with Gasteiger partial charge in [0.15, 0.2) is 5.96 Å². The second-order valence-corrected chi connectivity index (χ2v) is 6.49. The predicted molar refractivity (Wildman–Crippen MR) is 85.8 cm³/mol. The maximum Gasteiger partial charge on any atom is 0.191 e. The van der Waals surface area contributed by atoms with E-state index in [4.69, 9.17) is 4.74 Å². The fourth-order valence-electron chi connectivity index (χ4n) is 1.55. The van der Waals surface area contributed by atoms with E-state index in [-0.39, 0.29) is 5.41 Å². The number of ether oxygens (including phenoxy) is 1. The summed E-state index contributed by atoms with van der Waals surface area (Å²) >= 11 is 1.73. The summed E-state index contributed by atoms with van der Waals surface area (Å²) in [6.45, 7) is 8.80. The van der Waals surface area contributed by atoms with Crippen molar-refractivity contribution in [3.8, 4) is 0 Å². The number of aliphatic imine (C=N–C) groups is 1. The molecule has 0 spiro atoms. The van der Waals surface area contributed by atoms with Crippen LogP contribution in [0.25, 0.3) is 0 Å². The molecule has 0 aliphatic carbocycles. The van der Waals surface area contributed by atoms with Gasteiger partial charge in [-0.1, -0.05) is 20.8 Å². The molecule has 0 saturated carbocycles. The highest BCUT2D eigenvalue weighted by Crippen LogP contribution is 2.23. The highest BCUT2D eigenvalue weighted by molar-refractivity contribution is 7.09. The summed E-state index contributed by atoms with van der Waals surface area (Å²) in [5.74, 6) is 0.801. The van der Waals surface area contributed by atoms with Gasteiger partial charge in [0.05, 0.1) is 17.3 Å². The molecule has 1 heterocycles. The van der Waals surface area contributed by atoms with Gasteiger partial charge >= 0.3 is 0 Å². The van der Waals surface area contributed by atoms with Gasteiger partial charge in [0.2, 0.25) is 0 Å². The van der Waals surface area contributed by atoms with Crippen molar-refractivity contribution in [2.45, 2.75) is 32.6 Å². The number of guanidine groups is 1. The van der Waals surface area contributed by atoms with Crippen LogP contribution in [-0.2, 0) is 16.6 Å². The minimum atomic E-state index is 0.125. The maximum atomic E-state index is 4.99. The van der Waals surface area contributed by atoms with E-state index in [9.17, 15) is 0 Å². The van der Waals surface area contributed by atoms with Crippen molar-refractivity contribution in [1.29, 1.82) is 0 Å². The van der Waals surface area contributed by atoms with E-state index in [1.807, 2.05) is 0 Å². The first-order valence-corrected chi connectivity index (χ1v) is 7.73. The summed E-state index contributed by atoms with van der Waals surface area (Å²) in [5, 5.41) is 9.77. The minimum Gasteiger partial charge on any atom is -0.383 e. The van der Waals surface area contributed by atoms with E-state index in [0.717, 1.165) is 30.5 Å². The van der Waals surface area contributed by atoms with Gasteiger partial charge in [-0.25, -0.2) is 4.98 Å². The zero-order valence-electron chi connectivity index (χ0n) is 13.1. The van der Waals surface area contributed by atoms with Crippen molar-refractivity contribution >= 4 is 17.3 Å². The molecule has 114 valence electrons. The lowest BCUT2D eigenvalue weighted by Crippen LogP contribution is -2.39. The van der Waals surface area contributed by atoms with Crippen molar-refractivity contribution in [2.24, 2.45) is 4.99 Å². The third-order valence-electron chi connectivity index (χ3n) is 2.77. The lowest BCUT2D eigenvalue weighted by Gasteiger charge is -2.14. The molecule has 0 saturated heterocycles. The third-order valence-corrected chi connectivity index (χ3v) is 3.68. The number of hydrogen-bond acceptors (Lipinski definition) is 4. The molecule has 0 amide bonds. The molecular weight excluding hydrogens is 272 g/mol. The maximum absolute atomic E-state index is 4.99. The predicted octanol–water partition coefficient (Wildman–Crippen LogP) is 1.79. The molecule has 0 unspecified atom stereocenters. The van der Waals surface area contributed by atoms with Gasteiger partial charge < -0.3 is 15.4 Å². The van der Waals surface area contributed by atoms with Crippen LogP contribution in [0.2, 0.25) is 0 Å². The van der Waals surface area contributed by atoms with Gasteiger partial charge in [-0.05, 0) is 0 Å². The largest absolute Gasteiger partial charge is 0.383 e. The number of aromatic nitrogens is 1. The van der Waals surface area contributed by atoms with E-state index in [1.54, 1.807) is 25.5 Å².